The van der Waals surface area contributed by atoms with Gasteiger partial charge in [0.25, 0.3) is 5.91 Å². The Morgan fingerprint density at radius 3 is 2.88 bits per heavy atom. The van der Waals surface area contributed by atoms with E-state index in [1.165, 1.54) is 16.9 Å². The van der Waals surface area contributed by atoms with E-state index in [-0.39, 0.29) is 11.9 Å². The van der Waals surface area contributed by atoms with Crippen LogP contribution in [-0.4, -0.2) is 37.1 Å². The molecule has 1 aliphatic heterocycles. The normalized spacial score (nSPS) is 16.9. The van der Waals surface area contributed by atoms with Gasteiger partial charge in [-0.05, 0) is 12.5 Å². The molecule has 24 heavy (non-hydrogen) atoms. The number of thiazole rings is 1. The maximum absolute atomic E-state index is 12.5. The molecule has 6 nitrogen and oxygen atoms in total. The van der Waals surface area contributed by atoms with Crippen LogP contribution in [0.25, 0.3) is 0 Å². The first kappa shape index (κ1) is 15.0. The van der Waals surface area contributed by atoms with E-state index in [4.69, 9.17) is 0 Å². The third-order valence-corrected chi connectivity index (χ3v) is 4.82. The zero-order chi connectivity index (χ0) is 16.5. The third kappa shape index (κ3) is 2.71. The zero-order valence-electron chi connectivity index (χ0n) is 13.3. The molecular formula is C17H17N5OS. The highest BCUT2D eigenvalue weighted by atomic mass is 32.1. The molecule has 2 aromatic heterocycles. The average Bonchev–Trinajstić information content (AvgIpc) is 3.25. The minimum Gasteiger partial charge on any atom is -0.328 e. The molecule has 0 unspecified atom stereocenters. The van der Waals surface area contributed by atoms with Gasteiger partial charge in [0, 0.05) is 18.3 Å². The number of rotatable bonds is 3. The van der Waals surface area contributed by atoms with Gasteiger partial charge in [-0.1, -0.05) is 30.3 Å². The first-order valence-electron chi connectivity index (χ1n) is 7.86. The van der Waals surface area contributed by atoms with Crippen molar-refractivity contribution < 1.29 is 4.79 Å². The number of hydrogen-bond acceptors (Lipinski definition) is 5. The van der Waals surface area contributed by atoms with Gasteiger partial charge in [0.2, 0.25) is 0 Å². The number of fused-ring (bicyclic) bond motifs is 1. The molecule has 0 fully saturated rings. The number of nitrogens with zero attached hydrogens (tertiary/aromatic N) is 5. The molecule has 3 aromatic rings. The summed E-state index contributed by atoms with van der Waals surface area (Å²) in [5.74, 6) is 1.75. The molecule has 0 aliphatic carbocycles. The molecule has 1 aromatic carbocycles. The molecule has 0 saturated heterocycles. The zero-order valence-corrected chi connectivity index (χ0v) is 14.1. The Kier molecular flexibility index (Phi) is 3.86. The maximum Gasteiger partial charge on any atom is 0.273 e. The van der Waals surface area contributed by atoms with Gasteiger partial charge in [0.1, 0.15) is 11.5 Å². The van der Waals surface area contributed by atoms with Crippen molar-refractivity contribution in [2.45, 2.75) is 25.9 Å². The van der Waals surface area contributed by atoms with Crippen LogP contribution >= 0.6 is 11.3 Å². The van der Waals surface area contributed by atoms with Crippen LogP contribution in [-0.2, 0) is 13.0 Å². The van der Waals surface area contributed by atoms with Crippen molar-refractivity contribution in [1.82, 2.24) is 24.6 Å². The van der Waals surface area contributed by atoms with Crippen molar-refractivity contribution in [1.29, 1.82) is 0 Å². The average molecular weight is 339 g/mol. The molecule has 0 spiro atoms. The van der Waals surface area contributed by atoms with Gasteiger partial charge in [0.15, 0.2) is 5.82 Å². The number of benzene rings is 1. The van der Waals surface area contributed by atoms with Crippen molar-refractivity contribution in [3.8, 4) is 0 Å². The number of carbonyl (C=O) groups excluding carboxylic acids is 1. The van der Waals surface area contributed by atoms with Gasteiger partial charge in [-0.3, -0.25) is 4.79 Å². The van der Waals surface area contributed by atoms with E-state index in [0.29, 0.717) is 18.8 Å². The first-order valence-corrected chi connectivity index (χ1v) is 8.80. The summed E-state index contributed by atoms with van der Waals surface area (Å²) in [6.45, 7) is 3.22. The van der Waals surface area contributed by atoms with Gasteiger partial charge in [-0.15, -0.1) is 21.5 Å². The van der Waals surface area contributed by atoms with E-state index in [2.05, 4.69) is 38.8 Å². The fourth-order valence-electron chi connectivity index (χ4n) is 3.15. The standard InChI is InChI=1S/C17H17N5OS/c1-12-8-21(17(23)14-10-24-11-18-14)9-16-20-19-15(22(12)16)7-13-5-3-2-4-6-13/h2-6,10-12H,7-9H2,1H3/t12-/m0/s1. The minimum atomic E-state index is -0.0399. The van der Waals surface area contributed by atoms with E-state index < -0.39 is 0 Å². The van der Waals surface area contributed by atoms with Crippen LogP contribution < -0.4 is 0 Å². The summed E-state index contributed by atoms with van der Waals surface area (Å²) in [6, 6.07) is 10.4. The van der Waals surface area contributed by atoms with Gasteiger partial charge < -0.3 is 9.47 Å². The smallest absolute Gasteiger partial charge is 0.273 e. The monoisotopic (exact) mass is 339 g/mol. The third-order valence-electron chi connectivity index (χ3n) is 4.24. The lowest BCUT2D eigenvalue weighted by atomic mass is 10.1. The molecule has 1 aliphatic rings. The molecule has 122 valence electrons. The molecule has 1 atom stereocenters. The fourth-order valence-corrected chi connectivity index (χ4v) is 3.67. The van der Waals surface area contributed by atoms with Crippen molar-refractivity contribution >= 4 is 17.2 Å². The minimum absolute atomic E-state index is 0.0399. The highest BCUT2D eigenvalue weighted by Gasteiger charge is 2.30. The van der Waals surface area contributed by atoms with Crippen molar-refractivity contribution in [3.63, 3.8) is 0 Å². The lowest BCUT2D eigenvalue weighted by Gasteiger charge is -2.32. The van der Waals surface area contributed by atoms with Crippen molar-refractivity contribution in [3.05, 3.63) is 64.1 Å². The topological polar surface area (TPSA) is 63.9 Å². The molecule has 0 bridgehead atoms. The fraction of sp³-hybridized carbons (Fsp3) is 0.294. The molecule has 1 amide bonds. The first-order chi connectivity index (χ1) is 11.7. The van der Waals surface area contributed by atoms with Crippen LogP contribution in [0.1, 0.15) is 40.7 Å². The molecule has 0 N–H and O–H groups in total. The lowest BCUT2D eigenvalue weighted by Crippen LogP contribution is -2.41. The molecule has 0 saturated carbocycles. The summed E-state index contributed by atoms with van der Waals surface area (Å²) in [5.41, 5.74) is 3.40. The van der Waals surface area contributed by atoms with E-state index >= 15 is 0 Å². The second-order valence-corrected chi connectivity index (χ2v) is 6.69. The SMILES string of the molecule is C[C@H]1CN(C(=O)c2cscn2)Cc2nnc(Cc3ccccc3)n21. The number of aromatic nitrogens is 4. The summed E-state index contributed by atoms with van der Waals surface area (Å²) in [6.07, 6.45) is 0.748. The summed E-state index contributed by atoms with van der Waals surface area (Å²) >= 11 is 1.43. The Balaban J connectivity index is 1.58. The molecule has 3 heterocycles. The summed E-state index contributed by atoms with van der Waals surface area (Å²) in [5, 5.41) is 10.5. The quantitative estimate of drug-likeness (QED) is 0.736. The van der Waals surface area contributed by atoms with E-state index in [1.54, 1.807) is 15.8 Å². The van der Waals surface area contributed by atoms with E-state index in [0.717, 1.165) is 18.1 Å². The van der Waals surface area contributed by atoms with Crippen LogP contribution in [0.15, 0.2) is 41.2 Å². The molecule has 4 rings (SSSR count). The Hall–Kier alpha value is -2.54. The number of hydrogen-bond donors (Lipinski definition) is 0. The van der Waals surface area contributed by atoms with Gasteiger partial charge in [0.05, 0.1) is 18.1 Å². The number of amides is 1. The summed E-state index contributed by atoms with van der Waals surface area (Å²) in [7, 11) is 0. The Morgan fingerprint density at radius 2 is 2.12 bits per heavy atom. The van der Waals surface area contributed by atoms with Crippen LogP contribution in [0, 0.1) is 0 Å². The molecule has 7 heteroatoms. The molecular weight excluding hydrogens is 322 g/mol. The van der Waals surface area contributed by atoms with Crippen LogP contribution in [0.2, 0.25) is 0 Å². The summed E-state index contributed by atoms with van der Waals surface area (Å²) < 4.78 is 2.16. The van der Waals surface area contributed by atoms with Crippen LogP contribution in [0.3, 0.4) is 0 Å². The highest BCUT2D eigenvalue weighted by molar-refractivity contribution is 7.07. The molecule has 0 radical (unpaired) electrons. The van der Waals surface area contributed by atoms with E-state index in [9.17, 15) is 4.79 Å². The van der Waals surface area contributed by atoms with Crippen molar-refractivity contribution in [2.24, 2.45) is 0 Å². The predicted octanol–water partition coefficient (Wildman–Crippen LogP) is 2.54. The summed E-state index contributed by atoms with van der Waals surface area (Å²) in [4.78, 5) is 18.4. The van der Waals surface area contributed by atoms with Crippen molar-refractivity contribution in [2.75, 3.05) is 6.54 Å². The second kappa shape index (κ2) is 6.16. The largest absolute Gasteiger partial charge is 0.328 e. The van der Waals surface area contributed by atoms with Gasteiger partial charge >= 0.3 is 0 Å². The predicted molar refractivity (Wildman–Crippen MR) is 90.8 cm³/mol. The Labute approximate surface area is 143 Å². The van der Waals surface area contributed by atoms with Crippen LogP contribution in [0.5, 0.6) is 0 Å². The van der Waals surface area contributed by atoms with Gasteiger partial charge in [-0.25, -0.2) is 4.98 Å². The second-order valence-electron chi connectivity index (χ2n) is 5.97. The number of carbonyl (C=O) groups is 1. The maximum atomic E-state index is 12.5. The van der Waals surface area contributed by atoms with Crippen LogP contribution in [0.4, 0.5) is 0 Å². The Morgan fingerprint density at radius 1 is 1.29 bits per heavy atom. The lowest BCUT2D eigenvalue weighted by molar-refractivity contribution is 0.0674. The van der Waals surface area contributed by atoms with Gasteiger partial charge in [-0.2, -0.15) is 0 Å². The Bertz CT molecular complexity index is 843. The highest BCUT2D eigenvalue weighted by Crippen LogP contribution is 2.24. The van der Waals surface area contributed by atoms with E-state index in [1.807, 2.05) is 18.2 Å².